The Labute approximate surface area is 113 Å². The summed E-state index contributed by atoms with van der Waals surface area (Å²) in [6, 6.07) is 4.40. The van der Waals surface area contributed by atoms with E-state index in [9.17, 15) is 4.79 Å². The lowest BCUT2D eigenvalue weighted by molar-refractivity contribution is -0.133. The fraction of sp³-hybridized carbons (Fsp3) is 0.643. The lowest BCUT2D eigenvalue weighted by atomic mass is 10.2. The van der Waals surface area contributed by atoms with Crippen molar-refractivity contribution in [1.82, 2.24) is 9.80 Å². The van der Waals surface area contributed by atoms with Crippen LogP contribution in [0.2, 0.25) is 0 Å². The van der Waals surface area contributed by atoms with E-state index in [1.54, 1.807) is 0 Å². The van der Waals surface area contributed by atoms with E-state index in [-0.39, 0.29) is 0 Å². The normalized spacial score (nSPS) is 17.1. The van der Waals surface area contributed by atoms with E-state index >= 15 is 0 Å². The molecule has 1 aliphatic heterocycles. The Morgan fingerprint density at radius 1 is 1.28 bits per heavy atom. The molecular formula is C14H22N2OS. The Bertz CT molecular complexity index is 394. The Hall–Kier alpha value is -0.870. The standard InChI is InChI=1S/C14H22N2OS/c1-3-4-14(17)16-9-7-15(8-10-16)11-13-6-5-12(2)18-13/h5-6H,3-4,7-11H2,1-2H3. The van der Waals surface area contributed by atoms with Gasteiger partial charge >= 0.3 is 0 Å². The molecule has 2 heterocycles. The Balaban J connectivity index is 1.78. The minimum Gasteiger partial charge on any atom is -0.340 e. The van der Waals surface area contributed by atoms with Crippen LogP contribution in [0.3, 0.4) is 0 Å². The molecule has 100 valence electrons. The van der Waals surface area contributed by atoms with Gasteiger partial charge in [0.2, 0.25) is 5.91 Å². The lowest BCUT2D eigenvalue weighted by Crippen LogP contribution is -2.48. The van der Waals surface area contributed by atoms with Crippen molar-refractivity contribution in [2.24, 2.45) is 0 Å². The summed E-state index contributed by atoms with van der Waals surface area (Å²) in [5.74, 6) is 0.323. The molecule has 0 atom stereocenters. The smallest absolute Gasteiger partial charge is 0.222 e. The van der Waals surface area contributed by atoms with Crippen LogP contribution in [0, 0.1) is 6.92 Å². The third-order valence-corrected chi connectivity index (χ3v) is 4.35. The number of carbonyl (C=O) groups excluding carboxylic acids is 1. The minimum absolute atomic E-state index is 0.323. The number of thiophene rings is 1. The van der Waals surface area contributed by atoms with Gasteiger partial charge in [0, 0.05) is 48.9 Å². The fourth-order valence-corrected chi connectivity index (χ4v) is 3.25. The maximum atomic E-state index is 11.8. The van der Waals surface area contributed by atoms with Gasteiger partial charge in [-0.05, 0) is 25.5 Å². The van der Waals surface area contributed by atoms with Gasteiger partial charge in [-0.25, -0.2) is 0 Å². The monoisotopic (exact) mass is 266 g/mol. The van der Waals surface area contributed by atoms with Gasteiger partial charge < -0.3 is 4.90 Å². The van der Waals surface area contributed by atoms with Crippen molar-refractivity contribution in [1.29, 1.82) is 0 Å². The van der Waals surface area contributed by atoms with Gasteiger partial charge in [-0.1, -0.05) is 6.92 Å². The molecule has 0 saturated carbocycles. The lowest BCUT2D eigenvalue weighted by Gasteiger charge is -2.34. The van der Waals surface area contributed by atoms with Crippen LogP contribution in [0.5, 0.6) is 0 Å². The van der Waals surface area contributed by atoms with E-state index in [1.165, 1.54) is 9.75 Å². The van der Waals surface area contributed by atoms with Gasteiger partial charge in [-0.3, -0.25) is 9.69 Å². The summed E-state index contributed by atoms with van der Waals surface area (Å²) in [6.45, 7) is 9.04. The summed E-state index contributed by atoms with van der Waals surface area (Å²) in [7, 11) is 0. The largest absolute Gasteiger partial charge is 0.340 e. The SMILES string of the molecule is CCCC(=O)N1CCN(Cc2ccc(C)s2)CC1. The summed E-state index contributed by atoms with van der Waals surface area (Å²) in [6.07, 6.45) is 1.65. The average molecular weight is 266 g/mol. The highest BCUT2D eigenvalue weighted by Gasteiger charge is 2.20. The van der Waals surface area contributed by atoms with Gasteiger partial charge in [-0.15, -0.1) is 11.3 Å². The number of aryl methyl sites for hydroxylation is 1. The van der Waals surface area contributed by atoms with Crippen LogP contribution < -0.4 is 0 Å². The van der Waals surface area contributed by atoms with E-state index in [4.69, 9.17) is 0 Å². The summed E-state index contributed by atoms with van der Waals surface area (Å²) in [5.41, 5.74) is 0. The molecule has 0 radical (unpaired) electrons. The van der Waals surface area contributed by atoms with Crippen molar-refractivity contribution in [2.75, 3.05) is 26.2 Å². The topological polar surface area (TPSA) is 23.6 Å². The van der Waals surface area contributed by atoms with Crippen molar-refractivity contribution >= 4 is 17.2 Å². The quantitative estimate of drug-likeness (QED) is 0.836. The third-order valence-electron chi connectivity index (χ3n) is 3.36. The molecule has 0 bridgehead atoms. The molecule has 1 amide bonds. The number of hydrogen-bond acceptors (Lipinski definition) is 3. The maximum absolute atomic E-state index is 11.8. The van der Waals surface area contributed by atoms with Crippen LogP contribution in [-0.4, -0.2) is 41.9 Å². The van der Waals surface area contributed by atoms with Crippen LogP contribution >= 0.6 is 11.3 Å². The van der Waals surface area contributed by atoms with Crippen molar-refractivity contribution in [2.45, 2.75) is 33.2 Å². The molecule has 4 heteroatoms. The molecule has 18 heavy (non-hydrogen) atoms. The molecule has 3 nitrogen and oxygen atoms in total. The summed E-state index contributed by atoms with van der Waals surface area (Å²) < 4.78 is 0. The van der Waals surface area contributed by atoms with Gasteiger partial charge in [0.15, 0.2) is 0 Å². The molecule has 0 spiro atoms. The van der Waals surface area contributed by atoms with E-state index < -0.39 is 0 Å². The molecule has 0 aliphatic carbocycles. The van der Waals surface area contributed by atoms with Gasteiger partial charge in [0.1, 0.15) is 0 Å². The molecule has 1 fully saturated rings. The number of piperazine rings is 1. The van der Waals surface area contributed by atoms with E-state index in [0.29, 0.717) is 12.3 Å². The van der Waals surface area contributed by atoms with Crippen LogP contribution in [0.25, 0.3) is 0 Å². The van der Waals surface area contributed by atoms with Crippen LogP contribution in [0.15, 0.2) is 12.1 Å². The highest BCUT2D eigenvalue weighted by Crippen LogP contribution is 2.18. The van der Waals surface area contributed by atoms with Crippen LogP contribution in [0.1, 0.15) is 29.5 Å². The first kappa shape index (κ1) is 13.6. The second-order valence-electron chi connectivity index (χ2n) is 4.92. The van der Waals surface area contributed by atoms with E-state index in [0.717, 1.165) is 39.1 Å². The Kier molecular flexibility index (Phi) is 4.78. The van der Waals surface area contributed by atoms with E-state index in [1.807, 2.05) is 16.2 Å². The molecule has 1 aromatic heterocycles. The number of hydrogen-bond donors (Lipinski definition) is 0. The molecule has 0 N–H and O–H groups in total. The zero-order valence-electron chi connectivity index (χ0n) is 11.3. The van der Waals surface area contributed by atoms with Crippen molar-refractivity contribution in [3.05, 3.63) is 21.9 Å². The van der Waals surface area contributed by atoms with Crippen molar-refractivity contribution in [3.8, 4) is 0 Å². The zero-order valence-corrected chi connectivity index (χ0v) is 12.1. The molecular weight excluding hydrogens is 244 g/mol. The predicted octanol–water partition coefficient (Wildman–Crippen LogP) is 2.50. The first-order valence-electron chi connectivity index (χ1n) is 6.74. The maximum Gasteiger partial charge on any atom is 0.222 e. The molecule has 1 saturated heterocycles. The van der Waals surface area contributed by atoms with E-state index in [2.05, 4.69) is 30.9 Å². The molecule has 2 rings (SSSR count). The number of rotatable bonds is 4. The molecule has 1 aliphatic rings. The number of nitrogens with zero attached hydrogens (tertiary/aromatic N) is 2. The second kappa shape index (κ2) is 6.34. The first-order chi connectivity index (χ1) is 8.69. The zero-order chi connectivity index (χ0) is 13.0. The molecule has 0 unspecified atom stereocenters. The highest BCUT2D eigenvalue weighted by atomic mass is 32.1. The van der Waals surface area contributed by atoms with Crippen LogP contribution in [0.4, 0.5) is 0 Å². The fourth-order valence-electron chi connectivity index (χ4n) is 2.32. The summed E-state index contributed by atoms with van der Waals surface area (Å²) in [5, 5.41) is 0. The minimum atomic E-state index is 0.323. The molecule has 0 aromatic carbocycles. The average Bonchev–Trinajstić information content (AvgIpc) is 2.76. The molecule has 1 aromatic rings. The number of amides is 1. The number of carbonyl (C=O) groups is 1. The van der Waals surface area contributed by atoms with Gasteiger partial charge in [0.25, 0.3) is 0 Å². The predicted molar refractivity (Wildman–Crippen MR) is 75.8 cm³/mol. The van der Waals surface area contributed by atoms with Crippen molar-refractivity contribution < 1.29 is 4.79 Å². The summed E-state index contributed by atoms with van der Waals surface area (Å²) in [4.78, 5) is 19.0. The highest BCUT2D eigenvalue weighted by molar-refractivity contribution is 7.11. The van der Waals surface area contributed by atoms with Crippen LogP contribution in [-0.2, 0) is 11.3 Å². The van der Waals surface area contributed by atoms with Crippen molar-refractivity contribution in [3.63, 3.8) is 0 Å². The van der Waals surface area contributed by atoms with Gasteiger partial charge in [-0.2, -0.15) is 0 Å². The van der Waals surface area contributed by atoms with Gasteiger partial charge in [0.05, 0.1) is 0 Å². The second-order valence-corrected chi connectivity index (χ2v) is 6.29. The first-order valence-corrected chi connectivity index (χ1v) is 7.56. The Morgan fingerprint density at radius 2 is 2.00 bits per heavy atom. The third kappa shape index (κ3) is 3.56. The Morgan fingerprint density at radius 3 is 2.56 bits per heavy atom. The summed E-state index contributed by atoms with van der Waals surface area (Å²) >= 11 is 1.87.